The fraction of sp³-hybridized carbons (Fsp3) is 0.333. The van der Waals surface area contributed by atoms with Crippen molar-refractivity contribution in [3.05, 3.63) is 29.8 Å². The zero-order valence-electron chi connectivity index (χ0n) is 7.12. The van der Waals surface area contributed by atoms with Gasteiger partial charge in [-0.15, -0.1) is 0 Å². The molecule has 66 valence electrons. The van der Waals surface area contributed by atoms with Crippen molar-refractivity contribution in [2.75, 3.05) is 19.3 Å². The first kappa shape index (κ1) is 9.03. The van der Waals surface area contributed by atoms with Gasteiger partial charge in [-0.05, 0) is 24.7 Å². The summed E-state index contributed by atoms with van der Waals surface area (Å²) in [6.07, 6.45) is -0.474. The number of nitrogen functional groups attached to an aromatic ring is 1. The van der Waals surface area contributed by atoms with Crippen LogP contribution in [0.5, 0.6) is 0 Å². The van der Waals surface area contributed by atoms with Crippen molar-refractivity contribution in [3.63, 3.8) is 0 Å². The summed E-state index contributed by atoms with van der Waals surface area (Å²) in [6.45, 7) is 0.545. The Hall–Kier alpha value is -1.06. The van der Waals surface area contributed by atoms with E-state index in [2.05, 4.69) is 5.32 Å². The summed E-state index contributed by atoms with van der Waals surface area (Å²) in [5.41, 5.74) is 7.10. The molecule has 0 spiro atoms. The number of anilines is 1. The average molecular weight is 166 g/mol. The molecule has 0 aliphatic rings. The summed E-state index contributed by atoms with van der Waals surface area (Å²) in [5, 5.41) is 12.4. The SMILES string of the molecule is CNC[C@H](O)c1cccc(N)c1. The van der Waals surface area contributed by atoms with E-state index in [1.807, 2.05) is 12.1 Å². The molecule has 1 aromatic carbocycles. The Bertz CT molecular complexity index is 250. The van der Waals surface area contributed by atoms with E-state index in [4.69, 9.17) is 5.73 Å². The van der Waals surface area contributed by atoms with Crippen molar-refractivity contribution < 1.29 is 5.11 Å². The van der Waals surface area contributed by atoms with Crippen molar-refractivity contribution in [1.29, 1.82) is 0 Å². The standard InChI is InChI=1S/C9H14N2O/c1-11-6-9(12)7-3-2-4-8(10)5-7/h2-5,9,11-12H,6,10H2,1H3/t9-/m0/s1. The van der Waals surface area contributed by atoms with E-state index in [1.165, 1.54) is 0 Å². The maximum atomic E-state index is 9.53. The van der Waals surface area contributed by atoms with Gasteiger partial charge in [0.2, 0.25) is 0 Å². The lowest BCUT2D eigenvalue weighted by atomic mass is 10.1. The molecule has 0 radical (unpaired) electrons. The Morgan fingerprint density at radius 1 is 1.58 bits per heavy atom. The molecule has 0 saturated heterocycles. The van der Waals surface area contributed by atoms with Crippen LogP contribution in [0.3, 0.4) is 0 Å². The molecule has 0 aliphatic carbocycles. The quantitative estimate of drug-likeness (QED) is 0.574. The number of nitrogens with one attached hydrogen (secondary N) is 1. The van der Waals surface area contributed by atoms with Gasteiger partial charge in [-0.1, -0.05) is 12.1 Å². The molecular formula is C9H14N2O. The zero-order valence-corrected chi connectivity index (χ0v) is 7.12. The topological polar surface area (TPSA) is 58.3 Å². The molecule has 3 nitrogen and oxygen atoms in total. The van der Waals surface area contributed by atoms with Crippen molar-refractivity contribution in [3.8, 4) is 0 Å². The average Bonchev–Trinajstić information content (AvgIpc) is 2.05. The lowest BCUT2D eigenvalue weighted by Crippen LogP contribution is -2.16. The molecule has 0 fully saturated rings. The van der Waals surface area contributed by atoms with Gasteiger partial charge in [-0.2, -0.15) is 0 Å². The lowest BCUT2D eigenvalue weighted by molar-refractivity contribution is 0.178. The largest absolute Gasteiger partial charge is 0.399 e. The summed E-state index contributed by atoms with van der Waals surface area (Å²) in [6, 6.07) is 7.28. The van der Waals surface area contributed by atoms with Crippen molar-refractivity contribution in [2.45, 2.75) is 6.10 Å². The van der Waals surface area contributed by atoms with Crippen LogP contribution in [0.25, 0.3) is 0 Å². The number of hydrogen-bond acceptors (Lipinski definition) is 3. The molecule has 3 heteroatoms. The van der Waals surface area contributed by atoms with Crippen LogP contribution in [0.2, 0.25) is 0 Å². The smallest absolute Gasteiger partial charge is 0.0915 e. The highest BCUT2D eigenvalue weighted by Gasteiger charge is 2.04. The van der Waals surface area contributed by atoms with Crippen LogP contribution < -0.4 is 11.1 Å². The summed E-state index contributed by atoms with van der Waals surface area (Å²) in [4.78, 5) is 0. The fourth-order valence-corrected chi connectivity index (χ4v) is 1.08. The van der Waals surface area contributed by atoms with Crippen molar-refractivity contribution in [2.24, 2.45) is 0 Å². The van der Waals surface area contributed by atoms with Crippen molar-refractivity contribution in [1.82, 2.24) is 5.32 Å². The van der Waals surface area contributed by atoms with E-state index in [1.54, 1.807) is 19.2 Å². The van der Waals surface area contributed by atoms with E-state index >= 15 is 0 Å². The molecule has 0 aliphatic heterocycles. The van der Waals surface area contributed by atoms with Gasteiger partial charge in [-0.25, -0.2) is 0 Å². The number of hydrogen-bond donors (Lipinski definition) is 3. The first-order valence-electron chi connectivity index (χ1n) is 3.92. The maximum Gasteiger partial charge on any atom is 0.0915 e. The number of benzene rings is 1. The van der Waals surface area contributed by atoms with Crippen LogP contribution in [0, 0.1) is 0 Å². The number of nitrogens with two attached hydrogens (primary N) is 1. The normalized spacial score (nSPS) is 12.8. The third-order valence-electron chi connectivity index (χ3n) is 1.69. The minimum atomic E-state index is -0.474. The second-order valence-electron chi connectivity index (χ2n) is 2.74. The van der Waals surface area contributed by atoms with E-state index in [0.29, 0.717) is 12.2 Å². The first-order chi connectivity index (χ1) is 5.74. The van der Waals surface area contributed by atoms with Gasteiger partial charge < -0.3 is 16.2 Å². The lowest BCUT2D eigenvalue weighted by Gasteiger charge is -2.10. The van der Waals surface area contributed by atoms with E-state index in [9.17, 15) is 5.11 Å². The van der Waals surface area contributed by atoms with E-state index in [0.717, 1.165) is 5.56 Å². The predicted molar refractivity (Wildman–Crippen MR) is 49.7 cm³/mol. The van der Waals surface area contributed by atoms with Gasteiger partial charge in [0, 0.05) is 12.2 Å². The minimum Gasteiger partial charge on any atom is -0.399 e. The zero-order chi connectivity index (χ0) is 8.97. The highest BCUT2D eigenvalue weighted by molar-refractivity contribution is 5.41. The predicted octanol–water partition coefficient (Wildman–Crippen LogP) is 0.522. The summed E-state index contributed by atoms with van der Waals surface area (Å²) >= 11 is 0. The van der Waals surface area contributed by atoms with Crippen LogP contribution in [0.15, 0.2) is 24.3 Å². The fourth-order valence-electron chi connectivity index (χ4n) is 1.08. The number of rotatable bonds is 3. The number of likely N-dealkylation sites (N-methyl/N-ethyl adjacent to an activating group) is 1. The van der Waals surface area contributed by atoms with Gasteiger partial charge in [-0.3, -0.25) is 0 Å². The molecule has 0 unspecified atom stereocenters. The Labute approximate surface area is 72.2 Å². The Balaban J connectivity index is 2.73. The van der Waals surface area contributed by atoms with Gasteiger partial charge in [0.15, 0.2) is 0 Å². The Morgan fingerprint density at radius 3 is 2.92 bits per heavy atom. The molecule has 0 heterocycles. The molecule has 0 bridgehead atoms. The first-order valence-corrected chi connectivity index (χ1v) is 3.92. The summed E-state index contributed by atoms with van der Waals surface area (Å²) in [5.74, 6) is 0. The third kappa shape index (κ3) is 2.22. The van der Waals surface area contributed by atoms with E-state index in [-0.39, 0.29) is 0 Å². The highest BCUT2D eigenvalue weighted by atomic mass is 16.3. The van der Waals surface area contributed by atoms with Crippen molar-refractivity contribution >= 4 is 5.69 Å². The van der Waals surface area contributed by atoms with Gasteiger partial charge >= 0.3 is 0 Å². The molecule has 1 atom stereocenters. The van der Waals surface area contributed by atoms with Crippen LogP contribution in [-0.4, -0.2) is 18.7 Å². The van der Waals surface area contributed by atoms with Crippen LogP contribution in [0.1, 0.15) is 11.7 Å². The molecule has 0 saturated carbocycles. The van der Waals surface area contributed by atoms with Gasteiger partial charge in [0.25, 0.3) is 0 Å². The Kier molecular flexibility index (Phi) is 3.08. The minimum absolute atomic E-state index is 0.474. The molecule has 4 N–H and O–H groups in total. The highest BCUT2D eigenvalue weighted by Crippen LogP contribution is 2.14. The molecule has 12 heavy (non-hydrogen) atoms. The number of aliphatic hydroxyl groups is 1. The second-order valence-corrected chi connectivity index (χ2v) is 2.74. The number of aliphatic hydroxyl groups excluding tert-OH is 1. The monoisotopic (exact) mass is 166 g/mol. The van der Waals surface area contributed by atoms with Gasteiger partial charge in [0.05, 0.1) is 6.10 Å². The molecule has 0 amide bonds. The molecule has 1 aromatic rings. The summed E-state index contributed by atoms with van der Waals surface area (Å²) in [7, 11) is 1.80. The summed E-state index contributed by atoms with van der Waals surface area (Å²) < 4.78 is 0. The Morgan fingerprint density at radius 2 is 2.33 bits per heavy atom. The maximum absolute atomic E-state index is 9.53. The molecular weight excluding hydrogens is 152 g/mol. The van der Waals surface area contributed by atoms with Crippen LogP contribution >= 0.6 is 0 Å². The van der Waals surface area contributed by atoms with E-state index < -0.39 is 6.10 Å². The van der Waals surface area contributed by atoms with Crippen LogP contribution in [-0.2, 0) is 0 Å². The third-order valence-corrected chi connectivity index (χ3v) is 1.69. The molecule has 1 rings (SSSR count). The second kappa shape index (κ2) is 4.09. The van der Waals surface area contributed by atoms with Gasteiger partial charge in [0.1, 0.15) is 0 Å². The van der Waals surface area contributed by atoms with Crippen LogP contribution in [0.4, 0.5) is 5.69 Å². The molecule has 0 aromatic heterocycles.